The Morgan fingerprint density at radius 1 is 1.18 bits per heavy atom. The number of anilines is 1. The van der Waals surface area contributed by atoms with E-state index in [-0.39, 0.29) is 23.7 Å². The molecule has 0 bridgehead atoms. The van der Waals surface area contributed by atoms with E-state index in [1.165, 1.54) is 0 Å². The number of nitrogens with one attached hydrogen (secondary N) is 1. The molecule has 0 radical (unpaired) electrons. The van der Waals surface area contributed by atoms with Crippen LogP contribution in [0.15, 0.2) is 43.0 Å². The van der Waals surface area contributed by atoms with E-state index in [9.17, 15) is 9.59 Å². The summed E-state index contributed by atoms with van der Waals surface area (Å²) in [6.07, 6.45) is 4.80. The topological polar surface area (TPSA) is 49.4 Å². The number of carbonyl (C=O) groups excluding carboxylic acids is 2. The zero-order chi connectivity index (χ0) is 15.9. The van der Waals surface area contributed by atoms with Crippen LogP contribution in [0.4, 0.5) is 5.69 Å². The van der Waals surface area contributed by atoms with Crippen molar-refractivity contribution in [2.75, 3.05) is 18.5 Å². The molecule has 2 rings (SSSR count). The van der Waals surface area contributed by atoms with Crippen molar-refractivity contribution < 1.29 is 9.59 Å². The standard InChI is InChI=1S/C18H24N2O2/c1-3-13-19-17(21)14-9-11-15(12-10-14)18(22)20(2)16-7-5-4-6-8-16/h3-8,14-15H,1,9-13H2,2H3,(H,19,21). The molecule has 1 N–H and O–H groups in total. The molecular formula is C18H24N2O2. The van der Waals surface area contributed by atoms with Crippen molar-refractivity contribution in [3.63, 3.8) is 0 Å². The molecule has 1 aliphatic rings. The van der Waals surface area contributed by atoms with Gasteiger partial charge in [0.15, 0.2) is 0 Å². The average molecular weight is 300 g/mol. The Labute approximate surface area is 132 Å². The van der Waals surface area contributed by atoms with Crippen LogP contribution in [-0.2, 0) is 9.59 Å². The molecule has 0 aromatic heterocycles. The fraction of sp³-hybridized carbons (Fsp3) is 0.444. The Morgan fingerprint density at radius 2 is 1.77 bits per heavy atom. The van der Waals surface area contributed by atoms with Crippen LogP contribution in [0.2, 0.25) is 0 Å². The Balaban J connectivity index is 1.87. The van der Waals surface area contributed by atoms with Gasteiger partial charge in [0.2, 0.25) is 11.8 Å². The van der Waals surface area contributed by atoms with Gasteiger partial charge in [-0.2, -0.15) is 0 Å². The number of nitrogens with zero attached hydrogens (tertiary/aromatic N) is 1. The van der Waals surface area contributed by atoms with Gasteiger partial charge in [-0.25, -0.2) is 0 Å². The maximum atomic E-state index is 12.6. The van der Waals surface area contributed by atoms with Gasteiger partial charge in [-0.1, -0.05) is 24.3 Å². The van der Waals surface area contributed by atoms with E-state index in [0.29, 0.717) is 6.54 Å². The van der Waals surface area contributed by atoms with Gasteiger partial charge in [0, 0.05) is 31.1 Å². The highest BCUT2D eigenvalue weighted by Crippen LogP contribution is 2.31. The highest BCUT2D eigenvalue weighted by atomic mass is 16.2. The maximum Gasteiger partial charge on any atom is 0.229 e. The van der Waals surface area contributed by atoms with E-state index in [4.69, 9.17) is 0 Å². The molecule has 0 aliphatic heterocycles. The molecule has 4 nitrogen and oxygen atoms in total. The van der Waals surface area contributed by atoms with Gasteiger partial charge in [0.1, 0.15) is 0 Å². The number of benzene rings is 1. The number of hydrogen-bond donors (Lipinski definition) is 1. The predicted molar refractivity (Wildman–Crippen MR) is 88.5 cm³/mol. The summed E-state index contributed by atoms with van der Waals surface area (Å²) in [6, 6.07) is 9.67. The minimum Gasteiger partial charge on any atom is -0.352 e. The third kappa shape index (κ3) is 3.97. The van der Waals surface area contributed by atoms with Crippen LogP contribution < -0.4 is 10.2 Å². The molecule has 0 unspecified atom stereocenters. The summed E-state index contributed by atoms with van der Waals surface area (Å²) in [5, 5.41) is 2.84. The summed E-state index contributed by atoms with van der Waals surface area (Å²) in [4.78, 5) is 26.2. The highest BCUT2D eigenvalue weighted by Gasteiger charge is 2.31. The minimum atomic E-state index is 0.0219. The third-order valence-electron chi connectivity index (χ3n) is 4.34. The van der Waals surface area contributed by atoms with Crippen LogP contribution in [0.25, 0.3) is 0 Å². The van der Waals surface area contributed by atoms with Crippen LogP contribution in [0.3, 0.4) is 0 Å². The first-order valence-corrected chi connectivity index (χ1v) is 7.84. The van der Waals surface area contributed by atoms with Crippen molar-refractivity contribution in [1.82, 2.24) is 5.32 Å². The Bertz CT molecular complexity index is 519. The van der Waals surface area contributed by atoms with Gasteiger partial charge in [0.05, 0.1) is 0 Å². The number of para-hydroxylation sites is 1. The van der Waals surface area contributed by atoms with Gasteiger partial charge in [-0.3, -0.25) is 9.59 Å². The van der Waals surface area contributed by atoms with E-state index < -0.39 is 0 Å². The lowest BCUT2D eigenvalue weighted by atomic mass is 9.81. The number of amides is 2. The van der Waals surface area contributed by atoms with E-state index >= 15 is 0 Å². The van der Waals surface area contributed by atoms with Crippen LogP contribution in [0.5, 0.6) is 0 Å². The fourth-order valence-corrected chi connectivity index (χ4v) is 2.97. The molecule has 0 spiro atoms. The average Bonchev–Trinajstić information content (AvgIpc) is 2.59. The zero-order valence-electron chi connectivity index (χ0n) is 13.1. The molecule has 0 atom stereocenters. The summed E-state index contributed by atoms with van der Waals surface area (Å²) in [6.45, 7) is 4.10. The van der Waals surface area contributed by atoms with Crippen LogP contribution >= 0.6 is 0 Å². The van der Waals surface area contributed by atoms with Crippen molar-refractivity contribution in [1.29, 1.82) is 0 Å². The first-order valence-electron chi connectivity index (χ1n) is 7.84. The Hall–Kier alpha value is -2.10. The smallest absolute Gasteiger partial charge is 0.229 e. The van der Waals surface area contributed by atoms with E-state index in [2.05, 4.69) is 11.9 Å². The van der Waals surface area contributed by atoms with E-state index in [0.717, 1.165) is 31.4 Å². The van der Waals surface area contributed by atoms with Gasteiger partial charge < -0.3 is 10.2 Å². The van der Waals surface area contributed by atoms with E-state index in [1.807, 2.05) is 37.4 Å². The van der Waals surface area contributed by atoms with Gasteiger partial charge in [-0.15, -0.1) is 6.58 Å². The molecule has 1 aliphatic carbocycles. The monoisotopic (exact) mass is 300 g/mol. The quantitative estimate of drug-likeness (QED) is 0.850. The second-order valence-corrected chi connectivity index (χ2v) is 5.82. The number of rotatable bonds is 5. The molecule has 1 aromatic carbocycles. The van der Waals surface area contributed by atoms with Crippen LogP contribution in [-0.4, -0.2) is 25.4 Å². The third-order valence-corrected chi connectivity index (χ3v) is 4.34. The highest BCUT2D eigenvalue weighted by molar-refractivity contribution is 5.94. The van der Waals surface area contributed by atoms with Crippen molar-refractivity contribution in [3.05, 3.63) is 43.0 Å². The Morgan fingerprint density at radius 3 is 2.36 bits per heavy atom. The SMILES string of the molecule is C=CCNC(=O)C1CCC(C(=O)N(C)c2ccccc2)CC1. The summed E-state index contributed by atoms with van der Waals surface area (Å²) < 4.78 is 0. The lowest BCUT2D eigenvalue weighted by Crippen LogP contribution is -2.38. The van der Waals surface area contributed by atoms with Crippen molar-refractivity contribution in [3.8, 4) is 0 Å². The number of carbonyl (C=O) groups is 2. The van der Waals surface area contributed by atoms with Crippen molar-refractivity contribution >= 4 is 17.5 Å². The molecule has 118 valence electrons. The number of hydrogen-bond acceptors (Lipinski definition) is 2. The molecule has 1 saturated carbocycles. The summed E-state index contributed by atoms with van der Waals surface area (Å²) >= 11 is 0. The van der Waals surface area contributed by atoms with E-state index in [1.54, 1.807) is 11.0 Å². The maximum absolute atomic E-state index is 12.6. The van der Waals surface area contributed by atoms with Crippen molar-refractivity contribution in [2.45, 2.75) is 25.7 Å². The molecule has 2 amide bonds. The first-order chi connectivity index (χ1) is 10.6. The van der Waals surface area contributed by atoms with Gasteiger partial charge in [-0.05, 0) is 37.8 Å². The molecule has 1 aromatic rings. The normalized spacial score (nSPS) is 21.0. The largest absolute Gasteiger partial charge is 0.352 e. The minimum absolute atomic E-state index is 0.0219. The summed E-state index contributed by atoms with van der Waals surface area (Å²) in [5.41, 5.74) is 0.915. The first kappa shape index (κ1) is 16.3. The lowest BCUT2D eigenvalue weighted by molar-refractivity contribution is -0.129. The molecule has 22 heavy (non-hydrogen) atoms. The van der Waals surface area contributed by atoms with Crippen LogP contribution in [0.1, 0.15) is 25.7 Å². The second kappa shape index (κ2) is 7.78. The molecule has 0 saturated heterocycles. The van der Waals surface area contributed by atoms with Gasteiger partial charge >= 0.3 is 0 Å². The lowest BCUT2D eigenvalue weighted by Gasteiger charge is -2.30. The Kier molecular flexibility index (Phi) is 5.75. The fourth-order valence-electron chi connectivity index (χ4n) is 2.97. The molecule has 4 heteroatoms. The molecular weight excluding hydrogens is 276 g/mol. The summed E-state index contributed by atoms with van der Waals surface area (Å²) in [7, 11) is 1.82. The summed E-state index contributed by atoms with van der Waals surface area (Å²) in [5.74, 6) is 0.290. The molecule has 0 heterocycles. The zero-order valence-corrected chi connectivity index (χ0v) is 13.1. The van der Waals surface area contributed by atoms with Crippen molar-refractivity contribution in [2.24, 2.45) is 11.8 Å². The van der Waals surface area contributed by atoms with Crippen LogP contribution in [0, 0.1) is 11.8 Å². The predicted octanol–water partition coefficient (Wildman–Crippen LogP) is 2.76. The van der Waals surface area contributed by atoms with Gasteiger partial charge in [0.25, 0.3) is 0 Å². The molecule has 1 fully saturated rings. The second-order valence-electron chi connectivity index (χ2n) is 5.82.